The van der Waals surface area contributed by atoms with E-state index in [4.69, 9.17) is 13.8 Å². The average molecular weight is 659 g/mol. The van der Waals surface area contributed by atoms with E-state index in [0.29, 0.717) is 6.42 Å². The zero-order chi connectivity index (χ0) is 32.9. The van der Waals surface area contributed by atoms with Gasteiger partial charge in [-0.25, -0.2) is 14.4 Å². The minimum atomic E-state index is -4.38. The molecule has 1 aliphatic heterocycles. The number of aliphatic hydroxyl groups is 2. The highest BCUT2D eigenvalue weighted by Gasteiger charge is 2.45. The Bertz CT molecular complexity index is 1050. The van der Waals surface area contributed by atoms with Crippen LogP contribution in [0.5, 0.6) is 0 Å². The Morgan fingerprint density at radius 3 is 1.93 bits per heavy atom. The lowest BCUT2D eigenvalue weighted by Crippen LogP contribution is -2.36. The van der Waals surface area contributed by atoms with E-state index in [1.165, 1.54) is 89.3 Å². The molecular formula is C32H59N4O8P. The van der Waals surface area contributed by atoms with Crippen molar-refractivity contribution < 1.29 is 33.5 Å². The molecule has 2 rings (SSSR count). The second-order valence-corrected chi connectivity index (χ2v) is 13.3. The molecule has 2 unspecified atom stereocenters. The quantitative estimate of drug-likeness (QED) is 0.0449. The van der Waals surface area contributed by atoms with E-state index in [9.17, 15) is 24.5 Å². The molecule has 0 bridgehead atoms. The van der Waals surface area contributed by atoms with Crippen LogP contribution < -0.4 is 5.69 Å². The van der Waals surface area contributed by atoms with Gasteiger partial charge in [0.05, 0.1) is 19.6 Å². The molecule has 260 valence electrons. The lowest BCUT2D eigenvalue weighted by atomic mass is 10.0. The summed E-state index contributed by atoms with van der Waals surface area (Å²) in [7, 11) is -4.38. The summed E-state index contributed by atoms with van der Waals surface area (Å²) in [5, 5.41) is 20.9. The molecule has 0 spiro atoms. The Hall–Kier alpha value is -1.66. The average Bonchev–Trinajstić information content (AvgIpc) is 3.30. The lowest BCUT2D eigenvalue weighted by Gasteiger charge is -2.18. The molecule has 1 saturated heterocycles. The van der Waals surface area contributed by atoms with Crippen LogP contribution in [0.3, 0.4) is 0 Å². The van der Waals surface area contributed by atoms with Gasteiger partial charge in [0.25, 0.3) is 0 Å². The van der Waals surface area contributed by atoms with Gasteiger partial charge in [-0.05, 0) is 26.3 Å². The van der Waals surface area contributed by atoms with Crippen LogP contribution in [-0.2, 0) is 18.3 Å². The molecule has 3 N–H and O–H groups in total. The fourth-order valence-corrected chi connectivity index (χ4v) is 6.10. The number of unbranched alkanes of at least 4 members (excludes halogenated alkanes) is 15. The number of aromatic nitrogens is 2. The molecule has 0 saturated carbocycles. The summed E-state index contributed by atoms with van der Waals surface area (Å²) in [6, 6.07) is 1.49. The monoisotopic (exact) mass is 658 g/mol. The second kappa shape index (κ2) is 22.8. The highest BCUT2D eigenvalue weighted by molar-refractivity contribution is 7.47. The van der Waals surface area contributed by atoms with Crippen LogP contribution in [0.4, 0.5) is 5.82 Å². The van der Waals surface area contributed by atoms with Crippen LogP contribution >= 0.6 is 7.82 Å². The molecule has 1 aromatic rings. The third-order valence-corrected chi connectivity index (χ3v) is 9.23. The van der Waals surface area contributed by atoms with Crippen LogP contribution in [0.15, 0.2) is 22.1 Å². The number of aliphatic imine (C=N–C) groups is 1. The van der Waals surface area contributed by atoms with Gasteiger partial charge in [0.2, 0.25) is 0 Å². The lowest BCUT2D eigenvalue weighted by molar-refractivity contribution is -0.0551. The molecular weight excluding hydrogens is 599 g/mol. The molecule has 13 heteroatoms. The maximum absolute atomic E-state index is 12.6. The number of hydrogen-bond acceptors (Lipinski definition) is 9. The van der Waals surface area contributed by atoms with Crippen LogP contribution in [0.1, 0.15) is 130 Å². The van der Waals surface area contributed by atoms with Gasteiger partial charge >= 0.3 is 13.5 Å². The number of aliphatic hydroxyl groups excluding tert-OH is 2. The van der Waals surface area contributed by atoms with Crippen molar-refractivity contribution in [2.45, 2.75) is 148 Å². The molecule has 12 nitrogen and oxygen atoms in total. The summed E-state index contributed by atoms with van der Waals surface area (Å²) >= 11 is 0. The van der Waals surface area contributed by atoms with Crippen molar-refractivity contribution in [3.05, 3.63) is 22.7 Å². The summed E-state index contributed by atoms with van der Waals surface area (Å²) in [4.78, 5) is 32.7. The fourth-order valence-electron chi connectivity index (χ4n) is 5.33. The molecule has 0 amide bonds. The number of ether oxygens (including phenoxy) is 1. The van der Waals surface area contributed by atoms with Gasteiger partial charge in [-0.3, -0.25) is 13.6 Å². The first-order valence-corrected chi connectivity index (χ1v) is 18.7. The van der Waals surface area contributed by atoms with Crippen molar-refractivity contribution in [3.63, 3.8) is 0 Å². The van der Waals surface area contributed by atoms with E-state index in [0.717, 1.165) is 36.9 Å². The summed E-state index contributed by atoms with van der Waals surface area (Å²) in [5.74, 6) is 0.193. The standard InChI is InChI=1S/C32H59N4O8P/c1-4-7-8-9-10-11-12-13-14-15-16-17-18-19-20-21-24-42-45(40,41)43-25-27-29(37)30(38)31(44-27)36-23-22-28(34-32(36)39)33-26-35(5-2)6-3/h22-23,26-27,29-31,37-38H,4-21,24-25H2,1-3H3,(H,40,41)/b33-26+/t27-,29+,30?,31-/m1/s1. The Balaban J connectivity index is 1.58. The molecule has 1 aromatic heterocycles. The fraction of sp³-hybridized carbons (Fsp3) is 0.844. The van der Waals surface area contributed by atoms with Crippen molar-refractivity contribution in [2.75, 3.05) is 26.3 Å². The third-order valence-electron chi connectivity index (χ3n) is 8.25. The summed E-state index contributed by atoms with van der Waals surface area (Å²) in [6.07, 6.45) is 17.4. The molecule has 0 aliphatic carbocycles. The van der Waals surface area contributed by atoms with Gasteiger partial charge in [-0.1, -0.05) is 103 Å². The molecule has 1 fully saturated rings. The molecule has 0 radical (unpaired) electrons. The maximum atomic E-state index is 12.6. The second-order valence-electron chi connectivity index (χ2n) is 11.9. The largest absolute Gasteiger partial charge is 0.472 e. The molecule has 2 heterocycles. The molecule has 5 atom stereocenters. The molecule has 0 aromatic carbocycles. The summed E-state index contributed by atoms with van der Waals surface area (Å²) in [5.41, 5.74) is -0.725. The normalized spacial score (nSPS) is 21.5. The number of hydrogen-bond donors (Lipinski definition) is 3. The van der Waals surface area contributed by atoms with E-state index in [1.54, 1.807) is 6.34 Å². The van der Waals surface area contributed by atoms with Crippen molar-refractivity contribution in [1.82, 2.24) is 14.5 Å². The van der Waals surface area contributed by atoms with Gasteiger partial charge < -0.3 is 24.7 Å². The van der Waals surface area contributed by atoms with Crippen molar-refractivity contribution in [2.24, 2.45) is 4.99 Å². The van der Waals surface area contributed by atoms with Crippen molar-refractivity contribution >= 4 is 20.0 Å². The summed E-state index contributed by atoms with van der Waals surface area (Å²) in [6.45, 7) is 7.30. The predicted molar refractivity (Wildman–Crippen MR) is 177 cm³/mol. The van der Waals surface area contributed by atoms with Crippen LogP contribution in [0.25, 0.3) is 0 Å². The van der Waals surface area contributed by atoms with Crippen LogP contribution in [0, 0.1) is 0 Å². The maximum Gasteiger partial charge on any atom is 0.472 e. The van der Waals surface area contributed by atoms with Gasteiger partial charge in [-0.2, -0.15) is 4.98 Å². The van der Waals surface area contributed by atoms with Crippen LogP contribution in [-0.4, -0.2) is 80.5 Å². The van der Waals surface area contributed by atoms with Crippen LogP contribution in [0.2, 0.25) is 0 Å². The minimum absolute atomic E-state index is 0.0791. The Labute approximate surface area is 269 Å². The number of nitrogens with zero attached hydrogens (tertiary/aromatic N) is 4. The highest BCUT2D eigenvalue weighted by Crippen LogP contribution is 2.44. The van der Waals surface area contributed by atoms with E-state index in [2.05, 4.69) is 16.9 Å². The zero-order valence-corrected chi connectivity index (χ0v) is 28.7. The topological polar surface area (TPSA) is 156 Å². The summed E-state index contributed by atoms with van der Waals surface area (Å²) < 4.78 is 29.1. The SMILES string of the molecule is CCCCCCCCCCCCCCCCCCOP(=O)(O)OC[C@H]1O[C@@H](n2ccc(/N=C/N(CC)CC)nc2=O)C(O)[C@H]1O. The Morgan fingerprint density at radius 2 is 1.42 bits per heavy atom. The smallest absolute Gasteiger partial charge is 0.387 e. The molecule has 45 heavy (non-hydrogen) atoms. The predicted octanol–water partition coefficient (Wildman–Crippen LogP) is 6.26. The first kappa shape index (κ1) is 39.5. The Kier molecular flexibility index (Phi) is 20.0. The zero-order valence-electron chi connectivity index (χ0n) is 27.8. The van der Waals surface area contributed by atoms with Gasteiger partial charge in [-0.15, -0.1) is 0 Å². The van der Waals surface area contributed by atoms with Crippen molar-refractivity contribution in [1.29, 1.82) is 0 Å². The first-order valence-electron chi connectivity index (χ1n) is 17.2. The van der Waals surface area contributed by atoms with Gasteiger partial charge in [0.1, 0.15) is 18.3 Å². The first-order chi connectivity index (χ1) is 21.7. The molecule has 1 aliphatic rings. The van der Waals surface area contributed by atoms with Crippen molar-refractivity contribution in [3.8, 4) is 0 Å². The van der Waals surface area contributed by atoms with Gasteiger partial charge in [0.15, 0.2) is 12.0 Å². The third kappa shape index (κ3) is 15.7. The van der Waals surface area contributed by atoms with E-state index in [-0.39, 0.29) is 12.4 Å². The number of phosphoric acid groups is 1. The Morgan fingerprint density at radius 1 is 0.889 bits per heavy atom. The van der Waals surface area contributed by atoms with E-state index in [1.807, 2.05) is 18.7 Å². The van der Waals surface area contributed by atoms with E-state index >= 15 is 0 Å². The van der Waals surface area contributed by atoms with Gasteiger partial charge in [0, 0.05) is 19.3 Å². The van der Waals surface area contributed by atoms with E-state index < -0.39 is 44.7 Å². The minimum Gasteiger partial charge on any atom is -0.387 e. The number of rotatable bonds is 26. The highest BCUT2D eigenvalue weighted by atomic mass is 31.2. The number of phosphoric ester groups is 1.